The molecule has 0 saturated carbocycles. The van der Waals surface area contributed by atoms with E-state index in [2.05, 4.69) is 15.5 Å². The van der Waals surface area contributed by atoms with E-state index in [0.717, 1.165) is 35.2 Å². The fraction of sp³-hybridized carbons (Fsp3) is 0.182. The summed E-state index contributed by atoms with van der Waals surface area (Å²) in [6.07, 6.45) is 0. The third kappa shape index (κ3) is 4.50. The van der Waals surface area contributed by atoms with E-state index < -0.39 is 0 Å². The minimum Gasteiger partial charge on any atom is -0.378 e. The molecule has 1 saturated heterocycles. The number of carbonyl (C=O) groups is 1. The normalized spacial score (nSPS) is 13.9. The first kappa shape index (κ1) is 19.6. The first-order chi connectivity index (χ1) is 14.1. The Morgan fingerprint density at radius 3 is 2.59 bits per heavy atom. The van der Waals surface area contributed by atoms with E-state index in [1.54, 1.807) is 6.07 Å². The van der Waals surface area contributed by atoms with Gasteiger partial charge in [-0.05, 0) is 47.3 Å². The van der Waals surface area contributed by atoms with Crippen molar-refractivity contribution in [1.82, 2.24) is 5.32 Å². The molecule has 1 aliphatic heterocycles. The predicted molar refractivity (Wildman–Crippen MR) is 122 cm³/mol. The molecule has 0 aromatic heterocycles. The number of fused-ring (bicyclic) bond motifs is 1. The third-order valence-electron chi connectivity index (χ3n) is 4.82. The van der Waals surface area contributed by atoms with Crippen molar-refractivity contribution in [3.05, 3.63) is 71.2 Å². The van der Waals surface area contributed by atoms with Crippen LogP contribution in [0.4, 0.5) is 11.4 Å². The SMILES string of the molecule is O=C(NC(=S)Nc1ccc(N2CCOCC2)c(Cl)c1)c1cccc2ccccc12. The zero-order chi connectivity index (χ0) is 20.2. The third-order valence-corrected chi connectivity index (χ3v) is 5.33. The molecule has 0 unspecified atom stereocenters. The maximum absolute atomic E-state index is 12.7. The topological polar surface area (TPSA) is 53.6 Å². The van der Waals surface area contributed by atoms with Gasteiger partial charge in [-0.2, -0.15) is 0 Å². The number of hydrogen-bond donors (Lipinski definition) is 2. The van der Waals surface area contributed by atoms with Gasteiger partial charge in [0.1, 0.15) is 0 Å². The van der Waals surface area contributed by atoms with Crippen LogP contribution in [-0.4, -0.2) is 37.3 Å². The summed E-state index contributed by atoms with van der Waals surface area (Å²) in [7, 11) is 0. The van der Waals surface area contributed by atoms with E-state index in [1.807, 2.05) is 54.6 Å². The van der Waals surface area contributed by atoms with Crippen LogP contribution >= 0.6 is 23.8 Å². The van der Waals surface area contributed by atoms with Crippen LogP contribution in [0.3, 0.4) is 0 Å². The van der Waals surface area contributed by atoms with Crippen LogP contribution in [0.2, 0.25) is 5.02 Å². The second kappa shape index (κ2) is 8.78. The molecular formula is C22H20ClN3O2S. The Labute approximate surface area is 179 Å². The van der Waals surface area contributed by atoms with Crippen molar-refractivity contribution in [3.8, 4) is 0 Å². The van der Waals surface area contributed by atoms with Gasteiger partial charge in [0.2, 0.25) is 0 Å². The number of benzene rings is 3. The quantitative estimate of drug-likeness (QED) is 0.607. The Balaban J connectivity index is 1.44. The molecule has 0 atom stereocenters. The summed E-state index contributed by atoms with van der Waals surface area (Å²) in [5.41, 5.74) is 2.26. The molecule has 0 radical (unpaired) electrons. The number of amides is 1. The molecule has 0 spiro atoms. The van der Waals surface area contributed by atoms with Gasteiger partial charge < -0.3 is 15.0 Å². The zero-order valence-electron chi connectivity index (χ0n) is 15.7. The predicted octanol–water partition coefficient (Wildman–Crippen LogP) is 4.46. The first-order valence-corrected chi connectivity index (χ1v) is 10.1. The summed E-state index contributed by atoms with van der Waals surface area (Å²) < 4.78 is 5.38. The van der Waals surface area contributed by atoms with E-state index in [9.17, 15) is 4.79 Å². The molecule has 5 nitrogen and oxygen atoms in total. The maximum Gasteiger partial charge on any atom is 0.258 e. The first-order valence-electron chi connectivity index (χ1n) is 9.34. The fourth-order valence-electron chi connectivity index (χ4n) is 3.40. The van der Waals surface area contributed by atoms with Crippen molar-refractivity contribution in [3.63, 3.8) is 0 Å². The largest absolute Gasteiger partial charge is 0.378 e. The highest BCUT2D eigenvalue weighted by molar-refractivity contribution is 7.80. The molecule has 1 aliphatic rings. The number of nitrogens with one attached hydrogen (secondary N) is 2. The van der Waals surface area contributed by atoms with Crippen molar-refractivity contribution >= 4 is 57.0 Å². The summed E-state index contributed by atoms with van der Waals surface area (Å²) >= 11 is 11.8. The van der Waals surface area contributed by atoms with Crippen LogP contribution in [0.15, 0.2) is 60.7 Å². The highest BCUT2D eigenvalue weighted by Gasteiger charge is 2.15. The lowest BCUT2D eigenvalue weighted by atomic mass is 10.0. The molecule has 3 aromatic carbocycles. The number of rotatable bonds is 3. The van der Waals surface area contributed by atoms with E-state index >= 15 is 0 Å². The summed E-state index contributed by atoms with van der Waals surface area (Å²) in [4.78, 5) is 14.9. The van der Waals surface area contributed by atoms with Gasteiger partial charge in [0.05, 0.1) is 23.9 Å². The monoisotopic (exact) mass is 425 g/mol. The highest BCUT2D eigenvalue weighted by atomic mass is 35.5. The Morgan fingerprint density at radius 2 is 1.79 bits per heavy atom. The molecule has 148 valence electrons. The van der Waals surface area contributed by atoms with Crippen LogP contribution in [0.25, 0.3) is 10.8 Å². The second-order valence-electron chi connectivity index (χ2n) is 6.70. The Hall–Kier alpha value is -2.67. The van der Waals surface area contributed by atoms with Crippen molar-refractivity contribution < 1.29 is 9.53 Å². The number of anilines is 2. The number of carbonyl (C=O) groups excluding carboxylic acids is 1. The van der Waals surface area contributed by atoms with Gasteiger partial charge in [0.25, 0.3) is 5.91 Å². The molecule has 0 bridgehead atoms. The Bertz CT molecular complexity index is 1060. The maximum atomic E-state index is 12.7. The van der Waals surface area contributed by atoms with Gasteiger partial charge in [0, 0.05) is 24.3 Å². The highest BCUT2D eigenvalue weighted by Crippen LogP contribution is 2.29. The van der Waals surface area contributed by atoms with Crippen LogP contribution < -0.4 is 15.5 Å². The van der Waals surface area contributed by atoms with Crippen LogP contribution in [0.1, 0.15) is 10.4 Å². The summed E-state index contributed by atoms with van der Waals surface area (Å²) in [5.74, 6) is -0.254. The van der Waals surface area contributed by atoms with Crippen LogP contribution in [0, 0.1) is 0 Å². The average molecular weight is 426 g/mol. The van der Waals surface area contributed by atoms with Crippen molar-refractivity contribution in [1.29, 1.82) is 0 Å². The number of hydrogen-bond acceptors (Lipinski definition) is 4. The van der Waals surface area contributed by atoms with Crippen LogP contribution in [-0.2, 0) is 4.74 Å². The standard InChI is InChI=1S/C22H20ClN3O2S/c23-19-14-16(8-9-20(19)26-10-12-28-13-11-26)24-22(29)25-21(27)18-7-3-5-15-4-1-2-6-17(15)18/h1-9,14H,10-13H2,(H2,24,25,27,29). The molecule has 1 amide bonds. The smallest absolute Gasteiger partial charge is 0.258 e. The van der Waals surface area contributed by atoms with E-state index in [0.29, 0.717) is 23.8 Å². The van der Waals surface area contributed by atoms with Gasteiger partial charge >= 0.3 is 0 Å². The summed E-state index contributed by atoms with van der Waals surface area (Å²) in [6, 6.07) is 19.0. The molecular weight excluding hydrogens is 406 g/mol. The van der Waals surface area contributed by atoms with Crippen molar-refractivity contribution in [2.75, 3.05) is 36.5 Å². The Morgan fingerprint density at radius 1 is 1.03 bits per heavy atom. The molecule has 7 heteroatoms. The zero-order valence-corrected chi connectivity index (χ0v) is 17.2. The molecule has 4 rings (SSSR count). The number of thiocarbonyl (C=S) groups is 1. The molecule has 29 heavy (non-hydrogen) atoms. The van der Waals surface area contributed by atoms with Gasteiger partial charge in [-0.15, -0.1) is 0 Å². The molecule has 3 aromatic rings. The number of nitrogens with zero attached hydrogens (tertiary/aromatic N) is 1. The van der Waals surface area contributed by atoms with Crippen LogP contribution in [0.5, 0.6) is 0 Å². The molecule has 1 heterocycles. The fourth-order valence-corrected chi connectivity index (χ4v) is 3.91. The number of morpholine rings is 1. The summed E-state index contributed by atoms with van der Waals surface area (Å²) in [5, 5.41) is 8.51. The second-order valence-corrected chi connectivity index (χ2v) is 7.52. The lowest BCUT2D eigenvalue weighted by molar-refractivity contribution is 0.0979. The molecule has 1 fully saturated rings. The van der Waals surface area contributed by atoms with Gasteiger partial charge in [-0.3, -0.25) is 10.1 Å². The van der Waals surface area contributed by atoms with Crippen molar-refractivity contribution in [2.45, 2.75) is 0 Å². The van der Waals surface area contributed by atoms with Gasteiger partial charge in [-0.25, -0.2) is 0 Å². The minimum atomic E-state index is -0.254. The average Bonchev–Trinajstić information content (AvgIpc) is 2.74. The molecule has 2 N–H and O–H groups in total. The molecule has 0 aliphatic carbocycles. The number of halogens is 1. The van der Waals surface area contributed by atoms with E-state index in [1.165, 1.54) is 0 Å². The minimum absolute atomic E-state index is 0.220. The van der Waals surface area contributed by atoms with E-state index in [4.69, 9.17) is 28.6 Å². The van der Waals surface area contributed by atoms with Crippen molar-refractivity contribution in [2.24, 2.45) is 0 Å². The lowest BCUT2D eigenvalue weighted by Gasteiger charge is -2.29. The Kier molecular flexibility index (Phi) is 5.94. The lowest BCUT2D eigenvalue weighted by Crippen LogP contribution is -2.36. The van der Waals surface area contributed by atoms with Gasteiger partial charge in [0.15, 0.2) is 5.11 Å². The van der Waals surface area contributed by atoms with E-state index in [-0.39, 0.29) is 11.0 Å². The number of ether oxygens (including phenoxy) is 1. The summed E-state index contributed by atoms with van der Waals surface area (Å²) in [6.45, 7) is 3.01. The van der Waals surface area contributed by atoms with Gasteiger partial charge in [-0.1, -0.05) is 48.0 Å².